The maximum absolute atomic E-state index is 12.9. The molecule has 0 aliphatic carbocycles. The standard InChI is InChI=1S/C19H24ClF3N4O2/c1-12(2)17(28)27-5-3-4-15(27)18(29)26-8-6-25(7-9-26)16-14(20)10-13(11-24-16)19(21,22)23/h10-12,15H,3-9H2,1-2H3/t15-/m0/s1. The molecule has 1 aromatic heterocycles. The van der Waals surface area contributed by atoms with E-state index in [9.17, 15) is 22.8 Å². The van der Waals surface area contributed by atoms with Crippen LogP contribution in [0.5, 0.6) is 0 Å². The predicted molar refractivity (Wildman–Crippen MR) is 103 cm³/mol. The van der Waals surface area contributed by atoms with Gasteiger partial charge >= 0.3 is 6.18 Å². The van der Waals surface area contributed by atoms with E-state index in [2.05, 4.69) is 4.98 Å². The lowest BCUT2D eigenvalue weighted by atomic mass is 10.1. The zero-order valence-electron chi connectivity index (χ0n) is 16.4. The number of nitrogens with zero attached hydrogens (tertiary/aromatic N) is 4. The number of carbonyl (C=O) groups is 2. The summed E-state index contributed by atoms with van der Waals surface area (Å²) in [6.45, 7) is 5.86. The molecule has 0 spiro atoms. The summed E-state index contributed by atoms with van der Waals surface area (Å²) in [5.41, 5.74) is -0.892. The zero-order valence-corrected chi connectivity index (χ0v) is 17.1. The van der Waals surface area contributed by atoms with Crippen LogP contribution in [-0.2, 0) is 15.8 Å². The summed E-state index contributed by atoms with van der Waals surface area (Å²) >= 11 is 6.03. The molecule has 1 atom stereocenters. The van der Waals surface area contributed by atoms with Gasteiger partial charge in [-0.15, -0.1) is 0 Å². The number of piperazine rings is 1. The van der Waals surface area contributed by atoms with E-state index in [1.165, 1.54) is 0 Å². The molecule has 0 bridgehead atoms. The molecule has 0 N–H and O–H groups in total. The van der Waals surface area contributed by atoms with Crippen LogP contribution in [0.15, 0.2) is 12.3 Å². The molecule has 0 saturated carbocycles. The highest BCUT2D eigenvalue weighted by Gasteiger charge is 2.38. The molecule has 160 valence electrons. The largest absolute Gasteiger partial charge is 0.417 e. The van der Waals surface area contributed by atoms with Crippen LogP contribution in [0, 0.1) is 5.92 Å². The normalized spacial score (nSPS) is 20.5. The highest BCUT2D eigenvalue weighted by atomic mass is 35.5. The molecule has 0 unspecified atom stereocenters. The third kappa shape index (κ3) is 4.60. The van der Waals surface area contributed by atoms with Gasteiger partial charge in [-0.3, -0.25) is 9.59 Å². The smallest absolute Gasteiger partial charge is 0.352 e. The fourth-order valence-electron chi connectivity index (χ4n) is 3.79. The lowest BCUT2D eigenvalue weighted by molar-refractivity contribution is -0.145. The van der Waals surface area contributed by atoms with Gasteiger partial charge in [0.15, 0.2) is 0 Å². The van der Waals surface area contributed by atoms with Crippen LogP contribution < -0.4 is 4.90 Å². The Balaban J connectivity index is 1.63. The number of amides is 2. The molecule has 1 aromatic rings. The van der Waals surface area contributed by atoms with Gasteiger partial charge in [-0.05, 0) is 18.9 Å². The summed E-state index contributed by atoms with van der Waals surface area (Å²) in [6, 6.07) is 0.444. The number of anilines is 1. The average molecular weight is 433 g/mol. The van der Waals surface area contributed by atoms with Crippen LogP contribution in [0.2, 0.25) is 5.02 Å². The molecular formula is C19H24ClF3N4O2. The third-order valence-electron chi connectivity index (χ3n) is 5.35. The van der Waals surface area contributed by atoms with Crippen molar-refractivity contribution in [3.8, 4) is 0 Å². The maximum Gasteiger partial charge on any atom is 0.417 e. The van der Waals surface area contributed by atoms with E-state index in [0.29, 0.717) is 39.1 Å². The van der Waals surface area contributed by atoms with Gasteiger partial charge in [0.2, 0.25) is 11.8 Å². The number of alkyl halides is 3. The van der Waals surface area contributed by atoms with Gasteiger partial charge in [-0.2, -0.15) is 13.2 Å². The summed E-state index contributed by atoms with van der Waals surface area (Å²) in [4.78, 5) is 34.4. The summed E-state index contributed by atoms with van der Waals surface area (Å²) in [6.07, 6.45) is -2.27. The Kier molecular flexibility index (Phi) is 6.26. The van der Waals surface area contributed by atoms with E-state index in [4.69, 9.17) is 11.6 Å². The van der Waals surface area contributed by atoms with Crippen molar-refractivity contribution in [2.75, 3.05) is 37.6 Å². The summed E-state index contributed by atoms with van der Waals surface area (Å²) in [7, 11) is 0. The maximum atomic E-state index is 12.9. The Hall–Kier alpha value is -2.03. The Bertz CT molecular complexity index is 779. The van der Waals surface area contributed by atoms with Crippen molar-refractivity contribution in [1.29, 1.82) is 0 Å². The average Bonchev–Trinajstić information content (AvgIpc) is 3.15. The molecular weight excluding hydrogens is 409 g/mol. The molecule has 6 nitrogen and oxygen atoms in total. The Labute approximate surface area is 172 Å². The zero-order chi connectivity index (χ0) is 21.3. The lowest BCUT2D eigenvalue weighted by Crippen LogP contribution is -2.55. The molecule has 2 amide bonds. The van der Waals surface area contributed by atoms with Crippen LogP contribution in [0.3, 0.4) is 0 Å². The van der Waals surface area contributed by atoms with Gasteiger partial charge in [-0.1, -0.05) is 25.4 Å². The minimum Gasteiger partial charge on any atom is -0.352 e. The van der Waals surface area contributed by atoms with Crippen molar-refractivity contribution in [1.82, 2.24) is 14.8 Å². The summed E-state index contributed by atoms with van der Waals surface area (Å²) < 4.78 is 38.4. The first-order chi connectivity index (χ1) is 13.6. The molecule has 2 fully saturated rings. The van der Waals surface area contributed by atoms with Gasteiger partial charge in [0.1, 0.15) is 11.9 Å². The van der Waals surface area contributed by atoms with Crippen LogP contribution in [0.25, 0.3) is 0 Å². The Morgan fingerprint density at radius 1 is 1.17 bits per heavy atom. The first kappa shape index (κ1) is 21.7. The number of hydrogen-bond acceptors (Lipinski definition) is 4. The van der Waals surface area contributed by atoms with Crippen LogP contribution in [-0.4, -0.2) is 65.4 Å². The van der Waals surface area contributed by atoms with Gasteiger partial charge < -0.3 is 14.7 Å². The van der Waals surface area contributed by atoms with E-state index < -0.39 is 17.8 Å². The molecule has 29 heavy (non-hydrogen) atoms. The highest BCUT2D eigenvalue weighted by molar-refractivity contribution is 6.33. The van der Waals surface area contributed by atoms with Gasteiger partial charge in [0.25, 0.3) is 0 Å². The number of pyridine rings is 1. The topological polar surface area (TPSA) is 56.8 Å². The van der Waals surface area contributed by atoms with Crippen molar-refractivity contribution in [3.05, 3.63) is 22.8 Å². The highest BCUT2D eigenvalue weighted by Crippen LogP contribution is 2.34. The first-order valence-electron chi connectivity index (χ1n) is 9.66. The van der Waals surface area contributed by atoms with E-state index in [-0.39, 0.29) is 28.6 Å². The molecule has 2 saturated heterocycles. The second-order valence-corrected chi connectivity index (χ2v) is 8.09. The Morgan fingerprint density at radius 3 is 2.38 bits per heavy atom. The van der Waals surface area contributed by atoms with Crippen LogP contribution >= 0.6 is 11.6 Å². The van der Waals surface area contributed by atoms with Gasteiger partial charge in [-0.25, -0.2) is 4.98 Å². The fourth-order valence-corrected chi connectivity index (χ4v) is 4.07. The molecule has 10 heteroatoms. The first-order valence-corrected chi connectivity index (χ1v) is 10.0. The molecule has 2 aliphatic heterocycles. The molecule has 0 radical (unpaired) electrons. The monoisotopic (exact) mass is 432 g/mol. The third-order valence-corrected chi connectivity index (χ3v) is 5.63. The molecule has 0 aromatic carbocycles. The fraction of sp³-hybridized carbons (Fsp3) is 0.632. The molecule has 2 aliphatic rings. The van der Waals surface area contributed by atoms with Crippen LogP contribution in [0.1, 0.15) is 32.3 Å². The minimum absolute atomic E-state index is 0.0137. The second-order valence-electron chi connectivity index (χ2n) is 7.68. The van der Waals surface area contributed by atoms with Crippen molar-refractivity contribution >= 4 is 29.2 Å². The van der Waals surface area contributed by atoms with Crippen molar-refractivity contribution in [2.24, 2.45) is 5.92 Å². The number of carbonyl (C=O) groups excluding carboxylic acids is 2. The number of halogens is 4. The molecule has 3 heterocycles. The number of aromatic nitrogens is 1. The predicted octanol–water partition coefficient (Wildman–Crippen LogP) is 3.05. The van der Waals surface area contributed by atoms with Crippen molar-refractivity contribution in [3.63, 3.8) is 0 Å². The summed E-state index contributed by atoms with van der Waals surface area (Å²) in [5.74, 6) is 0.0419. The van der Waals surface area contributed by atoms with E-state index in [1.807, 2.05) is 13.8 Å². The van der Waals surface area contributed by atoms with Gasteiger partial charge in [0.05, 0.1) is 10.6 Å². The number of likely N-dealkylation sites (tertiary alicyclic amines) is 1. The van der Waals surface area contributed by atoms with E-state index in [1.54, 1.807) is 14.7 Å². The Morgan fingerprint density at radius 2 is 1.83 bits per heavy atom. The second kappa shape index (κ2) is 8.38. The van der Waals surface area contributed by atoms with E-state index in [0.717, 1.165) is 18.7 Å². The minimum atomic E-state index is -4.50. The number of hydrogen-bond donors (Lipinski definition) is 0. The van der Waals surface area contributed by atoms with Crippen LogP contribution in [0.4, 0.5) is 19.0 Å². The quantitative estimate of drug-likeness (QED) is 0.736. The van der Waals surface area contributed by atoms with Crippen molar-refractivity contribution < 1.29 is 22.8 Å². The van der Waals surface area contributed by atoms with Gasteiger partial charge in [0, 0.05) is 44.8 Å². The SMILES string of the molecule is CC(C)C(=O)N1CCC[C@H]1C(=O)N1CCN(c2ncc(C(F)(F)F)cc2Cl)CC1. The lowest BCUT2D eigenvalue weighted by Gasteiger charge is -2.38. The summed E-state index contributed by atoms with van der Waals surface area (Å²) in [5, 5.41) is -0.0656. The van der Waals surface area contributed by atoms with E-state index >= 15 is 0 Å². The van der Waals surface area contributed by atoms with Crippen molar-refractivity contribution in [2.45, 2.75) is 38.9 Å². The molecule has 3 rings (SSSR count). The number of rotatable bonds is 3.